The van der Waals surface area contributed by atoms with E-state index < -0.39 is 12.1 Å². The summed E-state index contributed by atoms with van der Waals surface area (Å²) in [5, 5.41) is 0. The second-order valence-corrected chi connectivity index (χ2v) is 4.01. The van der Waals surface area contributed by atoms with Crippen molar-refractivity contribution in [3.8, 4) is 11.5 Å². The molecule has 0 aliphatic rings. The molecular weight excluding hydrogens is 254 g/mol. The molecule has 0 aliphatic heterocycles. The van der Waals surface area contributed by atoms with Gasteiger partial charge in [-0.05, 0) is 36.8 Å². The van der Waals surface area contributed by atoms with Crippen molar-refractivity contribution in [1.82, 2.24) is 4.57 Å². The number of alkyl halides is 2. The molecule has 0 bridgehead atoms. The van der Waals surface area contributed by atoms with Gasteiger partial charge in [-0.3, -0.25) is 9.36 Å². The summed E-state index contributed by atoms with van der Waals surface area (Å²) in [6, 6.07) is 7.35. The highest BCUT2D eigenvalue weighted by molar-refractivity contribution is 5.48. The zero-order valence-corrected chi connectivity index (χ0v) is 10.1. The molecule has 0 radical (unpaired) electrons. The van der Waals surface area contributed by atoms with Gasteiger partial charge in [-0.15, -0.1) is 0 Å². The number of aromatic nitrogens is 1. The van der Waals surface area contributed by atoms with Crippen LogP contribution in [0.25, 0.3) is 0 Å². The molecule has 0 unspecified atom stereocenters. The van der Waals surface area contributed by atoms with Crippen LogP contribution in [0.4, 0.5) is 14.5 Å². The molecule has 1 aromatic carbocycles. The van der Waals surface area contributed by atoms with Crippen molar-refractivity contribution in [2.75, 3.05) is 5.73 Å². The summed E-state index contributed by atoms with van der Waals surface area (Å²) < 4.78 is 30.6. The molecule has 1 heterocycles. The third-order valence-corrected chi connectivity index (χ3v) is 2.56. The quantitative estimate of drug-likeness (QED) is 0.869. The molecule has 0 saturated heterocycles. The maximum absolute atomic E-state index is 12.4. The number of halogens is 2. The zero-order valence-electron chi connectivity index (χ0n) is 10.1. The summed E-state index contributed by atoms with van der Waals surface area (Å²) in [6.07, 6.45) is 0.995. The van der Waals surface area contributed by atoms with Crippen molar-refractivity contribution < 1.29 is 13.5 Å². The maximum Gasteiger partial charge on any atom is 0.321 e. The molecule has 0 saturated carbocycles. The fourth-order valence-corrected chi connectivity index (χ4v) is 1.61. The van der Waals surface area contributed by atoms with Crippen LogP contribution in [0, 0.1) is 6.92 Å². The third-order valence-electron chi connectivity index (χ3n) is 2.56. The predicted molar refractivity (Wildman–Crippen MR) is 67.6 cm³/mol. The number of ether oxygens (including phenoxy) is 1. The minimum Gasteiger partial charge on any atom is -0.457 e. The standard InChI is InChI=1S/C13H12F2N2O2/c1-8-6-9(16)2-3-11(8)19-10-4-5-17(13(14)15)12(18)7-10/h2-7,13H,16H2,1H3. The van der Waals surface area contributed by atoms with Crippen molar-refractivity contribution in [1.29, 1.82) is 0 Å². The van der Waals surface area contributed by atoms with Crippen molar-refractivity contribution in [2.24, 2.45) is 0 Å². The second kappa shape index (κ2) is 5.09. The Balaban J connectivity index is 2.29. The molecule has 0 spiro atoms. The minimum absolute atomic E-state index is 0.203. The largest absolute Gasteiger partial charge is 0.457 e. The number of benzene rings is 1. The first-order valence-corrected chi connectivity index (χ1v) is 5.51. The summed E-state index contributed by atoms with van der Waals surface area (Å²) in [5.41, 5.74) is 6.17. The smallest absolute Gasteiger partial charge is 0.321 e. The van der Waals surface area contributed by atoms with Crippen LogP contribution in [0.3, 0.4) is 0 Å². The molecule has 0 amide bonds. The molecule has 4 nitrogen and oxygen atoms in total. The van der Waals surface area contributed by atoms with Gasteiger partial charge < -0.3 is 10.5 Å². The van der Waals surface area contributed by atoms with Crippen LogP contribution in [-0.2, 0) is 0 Å². The topological polar surface area (TPSA) is 57.2 Å². The zero-order chi connectivity index (χ0) is 14.0. The van der Waals surface area contributed by atoms with E-state index in [1.165, 1.54) is 6.07 Å². The highest BCUT2D eigenvalue weighted by Gasteiger charge is 2.09. The van der Waals surface area contributed by atoms with Gasteiger partial charge in [0.2, 0.25) is 0 Å². The summed E-state index contributed by atoms with van der Waals surface area (Å²) in [5.74, 6) is 0.721. The van der Waals surface area contributed by atoms with Gasteiger partial charge in [0, 0.05) is 18.0 Å². The van der Waals surface area contributed by atoms with E-state index in [1.807, 2.05) is 0 Å². The molecule has 100 valence electrons. The van der Waals surface area contributed by atoms with Crippen LogP contribution in [0.2, 0.25) is 0 Å². The van der Waals surface area contributed by atoms with Crippen molar-refractivity contribution in [3.63, 3.8) is 0 Å². The average Bonchev–Trinajstić information content (AvgIpc) is 2.32. The Morgan fingerprint density at radius 1 is 1.26 bits per heavy atom. The Kier molecular flexibility index (Phi) is 3.50. The van der Waals surface area contributed by atoms with Crippen LogP contribution in [0.1, 0.15) is 12.1 Å². The van der Waals surface area contributed by atoms with Gasteiger partial charge in [0.25, 0.3) is 5.56 Å². The molecule has 0 aliphatic carbocycles. The van der Waals surface area contributed by atoms with Crippen LogP contribution in [0.5, 0.6) is 11.5 Å². The Bertz CT molecular complexity index is 653. The van der Waals surface area contributed by atoms with Gasteiger partial charge in [-0.2, -0.15) is 8.78 Å². The van der Waals surface area contributed by atoms with E-state index >= 15 is 0 Å². The first-order valence-electron chi connectivity index (χ1n) is 5.51. The Hall–Kier alpha value is -2.37. The van der Waals surface area contributed by atoms with E-state index in [0.717, 1.165) is 17.8 Å². The van der Waals surface area contributed by atoms with Crippen molar-refractivity contribution in [3.05, 3.63) is 52.4 Å². The number of nitrogens with two attached hydrogens (primary N) is 1. The van der Waals surface area contributed by atoms with Crippen LogP contribution in [-0.4, -0.2) is 4.57 Å². The monoisotopic (exact) mass is 266 g/mol. The van der Waals surface area contributed by atoms with Gasteiger partial charge in [0.15, 0.2) is 0 Å². The first-order chi connectivity index (χ1) is 8.97. The fourth-order valence-electron chi connectivity index (χ4n) is 1.61. The molecule has 1 aromatic heterocycles. The molecule has 2 N–H and O–H groups in total. The lowest BCUT2D eigenvalue weighted by atomic mass is 10.2. The molecule has 0 atom stereocenters. The Morgan fingerprint density at radius 3 is 2.58 bits per heavy atom. The summed E-state index contributed by atoms with van der Waals surface area (Å²) in [6.45, 7) is -1.06. The van der Waals surface area contributed by atoms with E-state index in [9.17, 15) is 13.6 Å². The fraction of sp³-hybridized carbons (Fsp3) is 0.154. The number of aryl methyl sites for hydroxylation is 1. The van der Waals surface area contributed by atoms with E-state index in [4.69, 9.17) is 10.5 Å². The minimum atomic E-state index is -2.86. The van der Waals surface area contributed by atoms with Crippen LogP contribution in [0.15, 0.2) is 41.3 Å². The van der Waals surface area contributed by atoms with Crippen molar-refractivity contribution >= 4 is 5.69 Å². The summed E-state index contributed by atoms with van der Waals surface area (Å²) >= 11 is 0. The second-order valence-electron chi connectivity index (χ2n) is 4.01. The highest BCUT2D eigenvalue weighted by atomic mass is 19.3. The highest BCUT2D eigenvalue weighted by Crippen LogP contribution is 2.25. The van der Waals surface area contributed by atoms with E-state index in [2.05, 4.69) is 0 Å². The Labute approximate surface area is 108 Å². The van der Waals surface area contributed by atoms with Gasteiger partial charge in [-0.25, -0.2) is 0 Å². The van der Waals surface area contributed by atoms with Gasteiger partial charge in [0.05, 0.1) is 0 Å². The SMILES string of the molecule is Cc1cc(N)ccc1Oc1ccn(C(F)F)c(=O)c1. The number of nitrogen functional groups attached to an aromatic ring is 1. The molecule has 0 fully saturated rings. The van der Waals surface area contributed by atoms with Gasteiger partial charge >= 0.3 is 6.55 Å². The summed E-state index contributed by atoms with van der Waals surface area (Å²) in [4.78, 5) is 11.4. The van der Waals surface area contributed by atoms with Crippen molar-refractivity contribution in [2.45, 2.75) is 13.5 Å². The van der Waals surface area contributed by atoms with Gasteiger partial charge in [0.1, 0.15) is 11.5 Å². The maximum atomic E-state index is 12.4. The van der Waals surface area contributed by atoms with E-state index in [0.29, 0.717) is 16.0 Å². The third kappa shape index (κ3) is 2.90. The summed E-state index contributed by atoms with van der Waals surface area (Å²) in [7, 11) is 0. The number of nitrogens with zero attached hydrogens (tertiary/aromatic N) is 1. The predicted octanol–water partition coefficient (Wildman–Crippen LogP) is 2.93. The number of pyridine rings is 1. The molecule has 2 rings (SSSR count). The number of hydrogen-bond acceptors (Lipinski definition) is 3. The number of hydrogen-bond donors (Lipinski definition) is 1. The normalized spacial score (nSPS) is 10.7. The average molecular weight is 266 g/mol. The number of anilines is 1. The lowest BCUT2D eigenvalue weighted by Gasteiger charge is -2.10. The van der Waals surface area contributed by atoms with Gasteiger partial charge in [-0.1, -0.05) is 0 Å². The molecular formula is C13H12F2N2O2. The first kappa shape index (κ1) is 13.1. The Morgan fingerprint density at radius 2 is 2.00 bits per heavy atom. The van der Waals surface area contributed by atoms with E-state index in [1.54, 1.807) is 25.1 Å². The lowest BCUT2D eigenvalue weighted by Crippen LogP contribution is -2.18. The van der Waals surface area contributed by atoms with Crippen LogP contribution < -0.4 is 16.0 Å². The van der Waals surface area contributed by atoms with Crippen LogP contribution >= 0.6 is 0 Å². The molecule has 19 heavy (non-hydrogen) atoms. The lowest BCUT2D eigenvalue weighted by molar-refractivity contribution is 0.0662. The molecule has 6 heteroatoms. The number of rotatable bonds is 3. The van der Waals surface area contributed by atoms with E-state index in [-0.39, 0.29) is 5.75 Å². The molecule has 2 aromatic rings.